The zero-order valence-electron chi connectivity index (χ0n) is 15.8. The highest BCUT2D eigenvalue weighted by molar-refractivity contribution is 7.09. The Labute approximate surface area is 164 Å². The van der Waals surface area contributed by atoms with Crippen molar-refractivity contribution >= 4 is 17.2 Å². The Balaban J connectivity index is 1.38. The smallest absolute Gasteiger partial charge is 0.273 e. The van der Waals surface area contributed by atoms with Crippen LogP contribution in [0.3, 0.4) is 0 Å². The van der Waals surface area contributed by atoms with Crippen molar-refractivity contribution in [1.29, 1.82) is 0 Å². The Kier molecular flexibility index (Phi) is 5.74. The average Bonchev–Trinajstić information content (AvgIpc) is 3.24. The second kappa shape index (κ2) is 8.40. The van der Waals surface area contributed by atoms with E-state index in [9.17, 15) is 4.79 Å². The van der Waals surface area contributed by atoms with E-state index in [-0.39, 0.29) is 5.91 Å². The third-order valence-corrected chi connectivity index (χ3v) is 6.80. The number of carbonyl (C=O) groups is 1. The van der Waals surface area contributed by atoms with Gasteiger partial charge in [-0.2, -0.15) is 0 Å². The fourth-order valence-electron chi connectivity index (χ4n) is 4.20. The molecule has 0 unspecified atom stereocenters. The number of nitrogens with zero attached hydrogens (tertiary/aromatic N) is 2. The Morgan fingerprint density at radius 2 is 1.89 bits per heavy atom. The van der Waals surface area contributed by atoms with Gasteiger partial charge in [0.05, 0.1) is 12.1 Å². The molecule has 1 amide bonds. The summed E-state index contributed by atoms with van der Waals surface area (Å²) in [4.78, 5) is 19.6. The van der Waals surface area contributed by atoms with Gasteiger partial charge in [0, 0.05) is 24.4 Å². The lowest BCUT2D eigenvalue weighted by Gasteiger charge is -2.32. The van der Waals surface area contributed by atoms with Crippen molar-refractivity contribution in [1.82, 2.24) is 15.2 Å². The van der Waals surface area contributed by atoms with E-state index in [1.165, 1.54) is 5.56 Å². The lowest BCUT2D eigenvalue weighted by molar-refractivity contribution is 0.0707. The fourth-order valence-corrected chi connectivity index (χ4v) is 5.17. The van der Waals surface area contributed by atoms with Crippen molar-refractivity contribution in [3.05, 3.63) is 45.9 Å². The molecular weight excluding hydrogens is 358 g/mol. The Hall–Kier alpha value is -1.92. The van der Waals surface area contributed by atoms with Crippen LogP contribution in [0.4, 0.5) is 0 Å². The van der Waals surface area contributed by atoms with Gasteiger partial charge in [-0.3, -0.25) is 4.79 Å². The monoisotopic (exact) mass is 385 g/mol. The molecule has 2 fully saturated rings. The molecule has 27 heavy (non-hydrogen) atoms. The first-order valence-electron chi connectivity index (χ1n) is 9.84. The first kappa shape index (κ1) is 18.4. The highest BCUT2D eigenvalue weighted by Gasteiger charge is 2.28. The van der Waals surface area contributed by atoms with Gasteiger partial charge in [-0.05, 0) is 56.3 Å². The van der Waals surface area contributed by atoms with Crippen LogP contribution in [0.2, 0.25) is 0 Å². The molecule has 2 aliphatic rings. The van der Waals surface area contributed by atoms with Gasteiger partial charge < -0.3 is 15.0 Å². The summed E-state index contributed by atoms with van der Waals surface area (Å²) in [6.07, 6.45) is 4.17. The van der Waals surface area contributed by atoms with Crippen molar-refractivity contribution in [2.45, 2.75) is 37.5 Å². The van der Waals surface area contributed by atoms with Crippen molar-refractivity contribution in [3.8, 4) is 5.75 Å². The van der Waals surface area contributed by atoms with E-state index in [1.807, 2.05) is 22.4 Å². The average molecular weight is 386 g/mol. The molecule has 4 rings (SSSR count). The molecule has 0 saturated carbocycles. The van der Waals surface area contributed by atoms with Gasteiger partial charge in [0.1, 0.15) is 11.4 Å². The van der Waals surface area contributed by atoms with Crippen LogP contribution in [-0.4, -0.2) is 49.1 Å². The van der Waals surface area contributed by atoms with Crippen LogP contribution in [0.25, 0.3) is 0 Å². The minimum Gasteiger partial charge on any atom is -0.496 e. The van der Waals surface area contributed by atoms with Crippen LogP contribution in [0.5, 0.6) is 5.75 Å². The van der Waals surface area contributed by atoms with Crippen molar-refractivity contribution in [3.63, 3.8) is 0 Å². The second-order valence-electron chi connectivity index (χ2n) is 7.40. The molecule has 0 bridgehead atoms. The van der Waals surface area contributed by atoms with Crippen LogP contribution in [0.15, 0.2) is 29.6 Å². The number of thiazole rings is 1. The quantitative estimate of drug-likeness (QED) is 0.873. The molecule has 2 saturated heterocycles. The van der Waals surface area contributed by atoms with Crippen LogP contribution in [-0.2, 0) is 0 Å². The van der Waals surface area contributed by atoms with Gasteiger partial charge in [-0.15, -0.1) is 11.3 Å². The number of hydrogen-bond donors (Lipinski definition) is 1. The Morgan fingerprint density at radius 3 is 2.63 bits per heavy atom. The predicted molar refractivity (Wildman–Crippen MR) is 108 cm³/mol. The van der Waals surface area contributed by atoms with E-state index in [2.05, 4.69) is 17.4 Å². The molecule has 1 aromatic heterocycles. The fraction of sp³-hybridized carbons (Fsp3) is 0.524. The number of methoxy groups -OCH3 is 1. The number of benzene rings is 1. The van der Waals surface area contributed by atoms with E-state index in [4.69, 9.17) is 9.72 Å². The summed E-state index contributed by atoms with van der Waals surface area (Å²) in [6, 6.07) is 8.23. The van der Waals surface area contributed by atoms with Gasteiger partial charge in [0.25, 0.3) is 5.91 Å². The highest BCUT2D eigenvalue weighted by atomic mass is 32.1. The number of ether oxygens (including phenoxy) is 1. The third-order valence-electron chi connectivity index (χ3n) is 5.79. The molecule has 0 atom stereocenters. The van der Waals surface area contributed by atoms with Crippen LogP contribution >= 0.6 is 11.3 Å². The second-order valence-corrected chi connectivity index (χ2v) is 8.29. The summed E-state index contributed by atoms with van der Waals surface area (Å²) in [5.41, 5.74) is 1.89. The van der Waals surface area contributed by atoms with Crippen molar-refractivity contribution in [2.75, 3.05) is 33.3 Å². The van der Waals surface area contributed by atoms with Gasteiger partial charge in [-0.25, -0.2) is 4.98 Å². The minimum atomic E-state index is 0.0879. The summed E-state index contributed by atoms with van der Waals surface area (Å²) in [7, 11) is 1.72. The number of carbonyl (C=O) groups excluding carboxylic acids is 1. The zero-order valence-corrected chi connectivity index (χ0v) is 16.6. The molecule has 2 aromatic rings. The molecular formula is C21H27N3O2S. The van der Waals surface area contributed by atoms with Crippen LogP contribution in [0, 0.1) is 0 Å². The molecule has 144 valence electrons. The topological polar surface area (TPSA) is 54.5 Å². The van der Waals surface area contributed by atoms with E-state index in [0.717, 1.165) is 62.6 Å². The zero-order chi connectivity index (χ0) is 18.6. The van der Waals surface area contributed by atoms with E-state index in [1.54, 1.807) is 18.4 Å². The number of para-hydroxylation sites is 1. The molecule has 0 spiro atoms. The lowest BCUT2D eigenvalue weighted by atomic mass is 9.88. The first-order chi connectivity index (χ1) is 13.3. The first-order valence-corrected chi connectivity index (χ1v) is 10.7. The van der Waals surface area contributed by atoms with Gasteiger partial charge >= 0.3 is 0 Å². The number of aromatic nitrogens is 1. The molecule has 6 heteroatoms. The lowest BCUT2D eigenvalue weighted by Crippen LogP contribution is -2.38. The maximum atomic E-state index is 12.9. The number of likely N-dealkylation sites (tertiary alicyclic amines) is 1. The molecule has 0 radical (unpaired) electrons. The van der Waals surface area contributed by atoms with Gasteiger partial charge in [-0.1, -0.05) is 18.2 Å². The third kappa shape index (κ3) is 4.01. The maximum absolute atomic E-state index is 12.9. The molecule has 1 aromatic carbocycles. The highest BCUT2D eigenvalue weighted by Crippen LogP contribution is 2.34. The van der Waals surface area contributed by atoms with E-state index in [0.29, 0.717) is 17.5 Å². The summed E-state index contributed by atoms with van der Waals surface area (Å²) in [6.45, 7) is 3.65. The summed E-state index contributed by atoms with van der Waals surface area (Å²) < 4.78 is 5.51. The SMILES string of the molecule is COc1ccccc1C1CCN(C(=O)c2csc(C3CCNCC3)n2)CC1. The van der Waals surface area contributed by atoms with Gasteiger partial charge in [0.15, 0.2) is 0 Å². The van der Waals surface area contributed by atoms with E-state index >= 15 is 0 Å². The summed E-state index contributed by atoms with van der Waals surface area (Å²) >= 11 is 1.65. The minimum absolute atomic E-state index is 0.0879. The number of hydrogen-bond acceptors (Lipinski definition) is 5. The van der Waals surface area contributed by atoms with Crippen LogP contribution < -0.4 is 10.1 Å². The molecule has 0 aliphatic carbocycles. The molecule has 5 nitrogen and oxygen atoms in total. The Bertz CT molecular complexity index is 777. The van der Waals surface area contributed by atoms with E-state index < -0.39 is 0 Å². The number of rotatable bonds is 4. The normalized spacial score (nSPS) is 19.2. The maximum Gasteiger partial charge on any atom is 0.273 e. The molecule has 2 aliphatic heterocycles. The van der Waals surface area contributed by atoms with Crippen LogP contribution in [0.1, 0.15) is 58.6 Å². The van der Waals surface area contributed by atoms with Gasteiger partial charge in [0.2, 0.25) is 0 Å². The number of piperidine rings is 2. The Morgan fingerprint density at radius 1 is 1.15 bits per heavy atom. The molecule has 1 N–H and O–H groups in total. The number of nitrogens with one attached hydrogen (secondary N) is 1. The standard InChI is InChI=1S/C21H27N3O2S/c1-26-19-5-3-2-4-17(19)15-8-12-24(13-9-15)21(25)18-14-27-20(23-18)16-6-10-22-11-7-16/h2-5,14-16,22H,6-13H2,1H3. The summed E-state index contributed by atoms with van der Waals surface area (Å²) in [5, 5.41) is 6.46. The van der Waals surface area contributed by atoms with Crippen molar-refractivity contribution in [2.24, 2.45) is 0 Å². The number of amides is 1. The summed E-state index contributed by atoms with van der Waals surface area (Å²) in [5.74, 6) is 2.00. The van der Waals surface area contributed by atoms with Crippen molar-refractivity contribution < 1.29 is 9.53 Å². The largest absolute Gasteiger partial charge is 0.496 e. The molecule has 3 heterocycles. The predicted octanol–water partition coefficient (Wildman–Crippen LogP) is 3.64.